The van der Waals surface area contributed by atoms with Gasteiger partial charge in [0.15, 0.2) is 0 Å². The zero-order valence-electron chi connectivity index (χ0n) is 11.4. The Morgan fingerprint density at radius 2 is 1.94 bits per heavy atom. The quantitative estimate of drug-likeness (QED) is 0.816. The molecular formula is C14H26N2O. The maximum absolute atomic E-state index is 12.4. The van der Waals surface area contributed by atoms with Gasteiger partial charge in [-0.2, -0.15) is 0 Å². The first kappa shape index (κ1) is 12.9. The lowest BCUT2D eigenvalue weighted by Gasteiger charge is -2.29. The molecule has 1 amide bonds. The third-order valence-corrected chi connectivity index (χ3v) is 4.58. The number of nitrogens with one attached hydrogen (secondary N) is 1. The SMILES string of the molecule is CC(C)C(C)CC(=O)N1C2CCNCC1CC2. The van der Waals surface area contributed by atoms with E-state index in [0.29, 0.717) is 29.8 Å². The molecule has 2 aliphatic heterocycles. The molecular weight excluding hydrogens is 212 g/mol. The van der Waals surface area contributed by atoms with Crippen LogP contribution in [0.1, 0.15) is 46.5 Å². The van der Waals surface area contributed by atoms with Crippen molar-refractivity contribution in [3.8, 4) is 0 Å². The summed E-state index contributed by atoms with van der Waals surface area (Å²) in [5.41, 5.74) is 0. The Balaban J connectivity index is 1.98. The molecule has 0 saturated carbocycles. The van der Waals surface area contributed by atoms with Crippen molar-refractivity contribution in [1.29, 1.82) is 0 Å². The molecule has 0 aromatic carbocycles. The molecule has 2 aliphatic rings. The molecule has 98 valence electrons. The van der Waals surface area contributed by atoms with E-state index in [0.717, 1.165) is 25.9 Å². The molecule has 3 nitrogen and oxygen atoms in total. The number of hydrogen-bond acceptors (Lipinski definition) is 2. The molecule has 2 heterocycles. The third kappa shape index (κ3) is 2.82. The molecule has 0 aromatic rings. The molecule has 2 fully saturated rings. The highest BCUT2D eigenvalue weighted by atomic mass is 16.2. The molecule has 2 rings (SSSR count). The lowest BCUT2D eigenvalue weighted by Crippen LogP contribution is -2.43. The van der Waals surface area contributed by atoms with Crippen LogP contribution in [0.25, 0.3) is 0 Å². The lowest BCUT2D eigenvalue weighted by molar-refractivity contribution is -0.135. The van der Waals surface area contributed by atoms with Crippen LogP contribution in [0, 0.1) is 11.8 Å². The first-order valence-corrected chi connectivity index (χ1v) is 7.11. The van der Waals surface area contributed by atoms with Crippen LogP contribution in [0.2, 0.25) is 0 Å². The lowest BCUT2D eigenvalue weighted by atomic mass is 9.94. The highest BCUT2D eigenvalue weighted by Gasteiger charge is 2.38. The fraction of sp³-hybridized carbons (Fsp3) is 0.929. The van der Waals surface area contributed by atoms with Gasteiger partial charge < -0.3 is 10.2 Å². The maximum Gasteiger partial charge on any atom is 0.223 e. The minimum absolute atomic E-state index is 0.391. The van der Waals surface area contributed by atoms with Crippen molar-refractivity contribution < 1.29 is 4.79 Å². The van der Waals surface area contributed by atoms with Crippen LogP contribution >= 0.6 is 0 Å². The zero-order chi connectivity index (χ0) is 12.4. The summed E-state index contributed by atoms with van der Waals surface area (Å²) in [4.78, 5) is 14.6. The summed E-state index contributed by atoms with van der Waals surface area (Å²) in [5.74, 6) is 1.49. The molecule has 2 bridgehead atoms. The molecule has 1 N–H and O–H groups in total. The summed E-state index contributed by atoms with van der Waals surface area (Å²) in [6.45, 7) is 8.68. The van der Waals surface area contributed by atoms with E-state index in [1.54, 1.807) is 0 Å². The van der Waals surface area contributed by atoms with Gasteiger partial charge in [-0.15, -0.1) is 0 Å². The number of rotatable bonds is 3. The number of carbonyl (C=O) groups is 1. The van der Waals surface area contributed by atoms with Gasteiger partial charge in [-0.25, -0.2) is 0 Å². The Bertz CT molecular complexity index is 263. The first-order valence-electron chi connectivity index (χ1n) is 7.11. The summed E-state index contributed by atoms with van der Waals surface area (Å²) in [7, 11) is 0. The fourth-order valence-corrected chi connectivity index (χ4v) is 3.01. The van der Waals surface area contributed by atoms with E-state index in [-0.39, 0.29) is 0 Å². The Morgan fingerprint density at radius 3 is 2.65 bits per heavy atom. The predicted molar refractivity (Wildman–Crippen MR) is 69.8 cm³/mol. The number of fused-ring (bicyclic) bond motifs is 2. The van der Waals surface area contributed by atoms with Crippen molar-refractivity contribution >= 4 is 5.91 Å². The minimum atomic E-state index is 0.391. The van der Waals surface area contributed by atoms with Gasteiger partial charge in [0.05, 0.1) is 0 Å². The van der Waals surface area contributed by atoms with Gasteiger partial charge in [0.2, 0.25) is 5.91 Å². The van der Waals surface area contributed by atoms with Gasteiger partial charge in [-0.05, 0) is 37.6 Å². The van der Waals surface area contributed by atoms with Gasteiger partial charge >= 0.3 is 0 Å². The largest absolute Gasteiger partial charge is 0.335 e. The molecule has 0 radical (unpaired) electrons. The van der Waals surface area contributed by atoms with E-state index in [1.807, 2.05) is 0 Å². The van der Waals surface area contributed by atoms with E-state index in [4.69, 9.17) is 0 Å². The number of amides is 1. The molecule has 3 heteroatoms. The summed E-state index contributed by atoms with van der Waals surface area (Å²) in [6, 6.07) is 0.983. The summed E-state index contributed by atoms with van der Waals surface area (Å²) in [6.07, 6.45) is 4.27. The summed E-state index contributed by atoms with van der Waals surface area (Å²) < 4.78 is 0. The average Bonchev–Trinajstić information content (AvgIpc) is 2.51. The monoisotopic (exact) mass is 238 g/mol. The van der Waals surface area contributed by atoms with Crippen LogP contribution in [0.4, 0.5) is 0 Å². The van der Waals surface area contributed by atoms with E-state index >= 15 is 0 Å². The van der Waals surface area contributed by atoms with Gasteiger partial charge in [0.1, 0.15) is 0 Å². The van der Waals surface area contributed by atoms with Gasteiger partial charge in [0.25, 0.3) is 0 Å². The summed E-state index contributed by atoms with van der Waals surface area (Å²) in [5, 5.41) is 3.45. The van der Waals surface area contributed by atoms with Gasteiger partial charge in [0, 0.05) is 25.0 Å². The standard InChI is InChI=1S/C14H26N2O/c1-10(2)11(3)8-14(17)16-12-4-5-13(16)9-15-7-6-12/h10-13,15H,4-9H2,1-3H3. The van der Waals surface area contributed by atoms with Crippen LogP contribution in [-0.4, -0.2) is 36.0 Å². The Morgan fingerprint density at radius 1 is 1.24 bits per heavy atom. The van der Waals surface area contributed by atoms with Crippen LogP contribution in [0.5, 0.6) is 0 Å². The molecule has 2 saturated heterocycles. The second-order valence-corrected chi connectivity index (χ2v) is 6.10. The predicted octanol–water partition coefficient (Wildman–Crippen LogP) is 2.02. The Kier molecular flexibility index (Phi) is 4.08. The molecule has 0 spiro atoms. The maximum atomic E-state index is 12.4. The molecule has 0 aliphatic carbocycles. The molecule has 3 atom stereocenters. The minimum Gasteiger partial charge on any atom is -0.335 e. The molecule has 17 heavy (non-hydrogen) atoms. The van der Waals surface area contributed by atoms with Gasteiger partial charge in [-0.3, -0.25) is 4.79 Å². The Hall–Kier alpha value is -0.570. The van der Waals surface area contributed by atoms with E-state index < -0.39 is 0 Å². The highest BCUT2D eigenvalue weighted by Crippen LogP contribution is 2.29. The molecule has 3 unspecified atom stereocenters. The number of hydrogen-bond donors (Lipinski definition) is 1. The topological polar surface area (TPSA) is 32.3 Å². The van der Waals surface area contributed by atoms with Crippen molar-refractivity contribution in [2.45, 2.75) is 58.5 Å². The first-order chi connectivity index (χ1) is 8.09. The van der Waals surface area contributed by atoms with Crippen molar-refractivity contribution in [2.75, 3.05) is 13.1 Å². The van der Waals surface area contributed by atoms with Gasteiger partial charge in [-0.1, -0.05) is 20.8 Å². The zero-order valence-corrected chi connectivity index (χ0v) is 11.4. The van der Waals surface area contributed by atoms with Crippen LogP contribution in [0.3, 0.4) is 0 Å². The normalized spacial score (nSPS) is 30.5. The van der Waals surface area contributed by atoms with Crippen LogP contribution in [-0.2, 0) is 4.79 Å². The Labute approximate surface area is 105 Å². The average molecular weight is 238 g/mol. The van der Waals surface area contributed by atoms with Crippen molar-refractivity contribution in [3.05, 3.63) is 0 Å². The van der Waals surface area contributed by atoms with Crippen molar-refractivity contribution in [3.63, 3.8) is 0 Å². The van der Waals surface area contributed by atoms with E-state index in [9.17, 15) is 4.79 Å². The second kappa shape index (κ2) is 5.38. The van der Waals surface area contributed by atoms with E-state index in [2.05, 4.69) is 31.0 Å². The fourth-order valence-electron chi connectivity index (χ4n) is 3.01. The third-order valence-electron chi connectivity index (χ3n) is 4.58. The van der Waals surface area contributed by atoms with Crippen LogP contribution in [0.15, 0.2) is 0 Å². The van der Waals surface area contributed by atoms with Crippen molar-refractivity contribution in [1.82, 2.24) is 10.2 Å². The van der Waals surface area contributed by atoms with Crippen LogP contribution < -0.4 is 5.32 Å². The molecule has 0 aromatic heterocycles. The van der Waals surface area contributed by atoms with Crippen molar-refractivity contribution in [2.24, 2.45) is 11.8 Å². The smallest absolute Gasteiger partial charge is 0.223 e. The number of carbonyl (C=O) groups excluding carboxylic acids is 1. The van der Waals surface area contributed by atoms with E-state index in [1.165, 1.54) is 12.8 Å². The second-order valence-electron chi connectivity index (χ2n) is 6.10. The number of nitrogens with zero attached hydrogens (tertiary/aromatic N) is 1. The summed E-state index contributed by atoms with van der Waals surface area (Å²) >= 11 is 0. The highest BCUT2D eigenvalue weighted by molar-refractivity contribution is 5.77.